The second-order valence-corrected chi connectivity index (χ2v) is 7.56. The van der Waals surface area contributed by atoms with Crippen molar-refractivity contribution in [1.82, 2.24) is 15.2 Å². The molecule has 1 saturated heterocycles. The number of fused-ring (bicyclic) bond motifs is 1. The fraction of sp³-hybridized carbons (Fsp3) is 0.267. The summed E-state index contributed by atoms with van der Waals surface area (Å²) in [7, 11) is 0. The number of hydrogen-bond acceptors (Lipinski definition) is 10. The molecule has 3 rings (SSSR count). The van der Waals surface area contributed by atoms with E-state index in [-0.39, 0.29) is 81.2 Å². The van der Waals surface area contributed by atoms with Crippen molar-refractivity contribution in [3.05, 3.63) is 28.9 Å². The largest absolute Gasteiger partial charge is 1.00 e. The molecule has 1 fully saturated rings. The molecule has 2 aliphatic rings. The van der Waals surface area contributed by atoms with E-state index >= 15 is 0 Å². The molecule has 0 radical (unpaired) electrons. The van der Waals surface area contributed by atoms with Gasteiger partial charge in [-0.1, -0.05) is 6.08 Å². The van der Waals surface area contributed by atoms with Gasteiger partial charge in [0.1, 0.15) is 11.4 Å². The second kappa shape index (κ2) is 11.0. The Morgan fingerprint density at radius 2 is 2.03 bits per heavy atom. The Bertz CT molecular complexity index is 903. The van der Waals surface area contributed by atoms with E-state index in [2.05, 4.69) is 10.3 Å². The van der Waals surface area contributed by atoms with Crippen LogP contribution in [0.25, 0.3) is 5.57 Å². The monoisotopic (exact) mass is 454 g/mol. The first-order valence-electron chi connectivity index (χ1n) is 7.58. The van der Waals surface area contributed by atoms with Crippen LogP contribution in [-0.2, 0) is 19.2 Å². The van der Waals surface area contributed by atoms with Gasteiger partial charge in [-0.25, -0.2) is 4.98 Å². The number of hydrogen-bond donors (Lipinski definition) is 2. The third kappa shape index (κ3) is 5.64. The van der Waals surface area contributed by atoms with Gasteiger partial charge in [-0.05, 0) is 6.08 Å². The van der Waals surface area contributed by atoms with E-state index in [1.54, 1.807) is 0 Å². The van der Waals surface area contributed by atoms with Crippen molar-refractivity contribution in [2.24, 2.45) is 0 Å². The van der Waals surface area contributed by atoms with Gasteiger partial charge in [-0.2, -0.15) is 0 Å². The Balaban J connectivity index is 0.00000210. The quantitative estimate of drug-likeness (QED) is 0.241. The summed E-state index contributed by atoms with van der Waals surface area (Å²) in [4.78, 5) is 51.7. The van der Waals surface area contributed by atoms with E-state index in [0.29, 0.717) is 5.75 Å². The number of aliphatic carboxylic acids is 2. The summed E-state index contributed by atoms with van der Waals surface area (Å²) in [5.74, 6) is -3.82. The van der Waals surface area contributed by atoms with Crippen molar-refractivity contribution in [2.45, 2.75) is 17.8 Å². The standard InChI is InChI=1S/C15H14N4O6S2.2Na/c16-15-17-7(5-27-15)6(1-2-9(20)21)11(22)18-10-12(23)19-8(14(24)25)3-4-26-13(10)19;;/h1,3,5,10,13H,2,4H2,(H2,16,17)(H,18,22)(H,20,21)(H,24,25);;/q;2*+1/p-2/b6-1+;;/t10-,13-;;/m1../s1. The predicted octanol–water partition coefficient (Wildman–Crippen LogP) is -8.71. The van der Waals surface area contributed by atoms with Gasteiger partial charge in [-0.3, -0.25) is 14.5 Å². The maximum atomic E-state index is 12.6. The van der Waals surface area contributed by atoms with Gasteiger partial charge in [0.25, 0.3) is 11.8 Å². The number of nitrogen functional groups attached to an aromatic ring is 1. The van der Waals surface area contributed by atoms with E-state index in [9.17, 15) is 29.4 Å². The van der Waals surface area contributed by atoms with E-state index < -0.39 is 41.6 Å². The maximum absolute atomic E-state index is 12.6. The molecule has 10 nitrogen and oxygen atoms in total. The summed E-state index contributed by atoms with van der Waals surface area (Å²) in [6, 6.07) is -0.951. The number of rotatable bonds is 6. The molecule has 1 aromatic heterocycles. The minimum absolute atomic E-state index is 0. The van der Waals surface area contributed by atoms with Crippen LogP contribution in [0.15, 0.2) is 23.2 Å². The predicted molar refractivity (Wildman–Crippen MR) is 92.2 cm³/mol. The third-order valence-electron chi connectivity index (χ3n) is 3.86. The molecule has 1 aromatic rings. The van der Waals surface area contributed by atoms with Crippen molar-refractivity contribution in [2.75, 3.05) is 11.5 Å². The molecule has 2 amide bonds. The SMILES string of the molecule is Nc1nc(/C(=C\CC(=O)[O-])C(=O)N[C@@H]2C(=O)N3C(C(=O)[O-])=CCS[C@H]23)cs1.[Na+].[Na+]. The fourth-order valence-electron chi connectivity index (χ4n) is 2.66. The normalized spacial score (nSPS) is 20.3. The number of thiazole rings is 1. The molecule has 0 aromatic carbocycles. The molecule has 142 valence electrons. The van der Waals surface area contributed by atoms with Gasteiger partial charge in [0.05, 0.1) is 22.9 Å². The van der Waals surface area contributed by atoms with Crippen LogP contribution >= 0.6 is 23.1 Å². The van der Waals surface area contributed by atoms with Crippen molar-refractivity contribution < 1.29 is 88.5 Å². The van der Waals surface area contributed by atoms with Crippen LogP contribution in [0.4, 0.5) is 5.13 Å². The number of carboxylic acid groups (broad SMARTS) is 2. The molecule has 0 saturated carbocycles. The summed E-state index contributed by atoms with van der Waals surface area (Å²) in [6.07, 6.45) is 1.97. The Kier molecular flexibility index (Phi) is 9.89. The van der Waals surface area contributed by atoms with Gasteiger partial charge in [0, 0.05) is 23.5 Å². The number of aromatic nitrogens is 1. The van der Waals surface area contributed by atoms with E-state index in [1.807, 2.05) is 0 Å². The van der Waals surface area contributed by atoms with Crippen LogP contribution in [0.5, 0.6) is 0 Å². The zero-order chi connectivity index (χ0) is 19.7. The topological polar surface area (TPSA) is 169 Å². The molecule has 0 aliphatic carbocycles. The Hall–Kier alpha value is -0.860. The summed E-state index contributed by atoms with van der Waals surface area (Å²) >= 11 is 2.35. The van der Waals surface area contributed by atoms with Gasteiger partial charge in [0.15, 0.2) is 5.13 Å². The Morgan fingerprint density at radius 3 is 2.59 bits per heavy atom. The Morgan fingerprint density at radius 1 is 1.34 bits per heavy atom. The van der Waals surface area contributed by atoms with Crippen LogP contribution < -0.4 is 80.4 Å². The smallest absolute Gasteiger partial charge is 0.550 e. The van der Waals surface area contributed by atoms with E-state index in [4.69, 9.17) is 5.73 Å². The van der Waals surface area contributed by atoms with Gasteiger partial charge < -0.3 is 30.9 Å². The maximum Gasteiger partial charge on any atom is 1.00 e. The molecule has 0 unspecified atom stereocenters. The van der Waals surface area contributed by atoms with Gasteiger partial charge in [0.2, 0.25) is 0 Å². The summed E-state index contributed by atoms with van der Waals surface area (Å²) in [5, 5.41) is 25.4. The number of thioether (sulfide) groups is 1. The van der Waals surface area contributed by atoms with Crippen LogP contribution in [0.1, 0.15) is 12.1 Å². The van der Waals surface area contributed by atoms with Gasteiger partial charge in [-0.15, -0.1) is 23.1 Å². The molecular formula is C15H12N4Na2O6S2. The number of amides is 2. The molecule has 0 bridgehead atoms. The first kappa shape index (κ1) is 26.2. The van der Waals surface area contributed by atoms with Crippen LogP contribution in [0.3, 0.4) is 0 Å². The number of anilines is 1. The minimum atomic E-state index is -1.47. The minimum Gasteiger partial charge on any atom is -0.550 e. The zero-order valence-corrected chi connectivity index (χ0v) is 21.2. The number of β-lactam (4-membered cyclic amide) rings is 1. The number of nitrogens with one attached hydrogen (secondary N) is 1. The third-order valence-corrected chi connectivity index (χ3v) is 5.71. The number of carbonyl (C=O) groups is 4. The Labute approximate surface area is 217 Å². The number of nitrogens with two attached hydrogens (primary N) is 1. The summed E-state index contributed by atoms with van der Waals surface area (Å²) in [5.41, 5.74) is 5.44. The molecule has 2 aliphatic heterocycles. The first-order chi connectivity index (χ1) is 12.8. The van der Waals surface area contributed by atoms with E-state index in [0.717, 1.165) is 22.3 Å². The summed E-state index contributed by atoms with van der Waals surface area (Å²) in [6.45, 7) is 0. The van der Waals surface area contributed by atoms with Crippen LogP contribution in [-0.4, -0.2) is 50.8 Å². The van der Waals surface area contributed by atoms with E-state index in [1.165, 1.54) is 23.2 Å². The molecule has 29 heavy (non-hydrogen) atoms. The first-order valence-corrected chi connectivity index (χ1v) is 9.51. The number of carbonyl (C=O) groups excluding carboxylic acids is 4. The van der Waals surface area contributed by atoms with Crippen LogP contribution in [0, 0.1) is 0 Å². The molecular weight excluding hydrogens is 442 g/mol. The van der Waals surface area contributed by atoms with Crippen molar-refractivity contribution in [3.8, 4) is 0 Å². The van der Waals surface area contributed by atoms with Gasteiger partial charge >= 0.3 is 59.1 Å². The number of carboxylic acids is 2. The molecule has 2 atom stereocenters. The van der Waals surface area contributed by atoms with Crippen LogP contribution in [0.2, 0.25) is 0 Å². The fourth-order valence-corrected chi connectivity index (χ4v) is 4.42. The van der Waals surface area contributed by atoms with Crippen molar-refractivity contribution >= 4 is 57.6 Å². The molecule has 3 N–H and O–H groups in total. The average Bonchev–Trinajstić information content (AvgIpc) is 3.04. The molecule has 3 heterocycles. The second-order valence-electron chi connectivity index (χ2n) is 5.53. The molecule has 14 heteroatoms. The zero-order valence-electron chi connectivity index (χ0n) is 15.5. The molecule has 0 spiro atoms. The summed E-state index contributed by atoms with van der Waals surface area (Å²) < 4.78 is 0. The van der Waals surface area contributed by atoms with Crippen molar-refractivity contribution in [3.63, 3.8) is 0 Å². The number of nitrogens with zero attached hydrogens (tertiary/aromatic N) is 2. The average molecular weight is 454 g/mol. The van der Waals surface area contributed by atoms with Crippen molar-refractivity contribution in [1.29, 1.82) is 0 Å².